The first-order chi connectivity index (χ1) is 15.5. The van der Waals surface area contributed by atoms with Crippen molar-refractivity contribution in [3.63, 3.8) is 0 Å². The molecule has 1 fully saturated rings. The van der Waals surface area contributed by atoms with Crippen molar-refractivity contribution in [3.05, 3.63) is 70.3 Å². The lowest BCUT2D eigenvalue weighted by molar-refractivity contribution is -0.140. The smallest absolute Gasteiger partial charge is 0.295 e. The van der Waals surface area contributed by atoms with E-state index in [-0.39, 0.29) is 17.9 Å². The lowest BCUT2D eigenvalue weighted by atomic mass is 9.88. The highest BCUT2D eigenvalue weighted by Gasteiger charge is 2.45. The molecule has 1 saturated heterocycles. The molecule has 1 aliphatic heterocycles. The van der Waals surface area contributed by atoms with Gasteiger partial charge in [-0.2, -0.15) is 0 Å². The first-order valence-corrected chi connectivity index (χ1v) is 11.2. The number of fused-ring (bicyclic) bond motifs is 1. The second kappa shape index (κ2) is 9.57. The van der Waals surface area contributed by atoms with Gasteiger partial charge in [0, 0.05) is 19.2 Å². The number of methoxy groups -OCH3 is 1. The zero-order valence-electron chi connectivity index (χ0n) is 18.6. The molecule has 4 rings (SSSR count). The number of amides is 1. The maximum Gasteiger partial charge on any atom is 0.295 e. The molecule has 6 heteroatoms. The summed E-state index contributed by atoms with van der Waals surface area (Å²) in [5.74, 6) is -0.717. The van der Waals surface area contributed by atoms with Crippen LogP contribution >= 0.6 is 0 Å². The third-order valence-corrected chi connectivity index (χ3v) is 6.21. The SMILES string of the molecule is CCOc1ccc(C2/C(=C(/O)c3ccc4c(c3)CCCC4)C(=O)C(=O)N2CCOC)cc1. The lowest BCUT2D eigenvalue weighted by Gasteiger charge is -2.25. The molecule has 2 aliphatic rings. The molecule has 1 heterocycles. The Morgan fingerprint density at radius 2 is 1.78 bits per heavy atom. The minimum absolute atomic E-state index is 0.117. The number of carbonyl (C=O) groups is 2. The molecular formula is C26H29NO5. The van der Waals surface area contributed by atoms with Crippen molar-refractivity contribution < 1.29 is 24.2 Å². The molecule has 1 amide bonds. The maximum absolute atomic E-state index is 13.1. The molecule has 1 unspecified atom stereocenters. The van der Waals surface area contributed by atoms with E-state index in [2.05, 4.69) is 0 Å². The number of hydrogen-bond donors (Lipinski definition) is 1. The van der Waals surface area contributed by atoms with Gasteiger partial charge in [-0.3, -0.25) is 9.59 Å². The number of Topliss-reactive ketones (excluding diaryl/α,β-unsaturated/α-hetero) is 1. The number of aryl methyl sites for hydroxylation is 2. The van der Waals surface area contributed by atoms with Crippen molar-refractivity contribution >= 4 is 17.4 Å². The van der Waals surface area contributed by atoms with Crippen molar-refractivity contribution in [3.8, 4) is 5.75 Å². The molecule has 1 N–H and O–H groups in total. The summed E-state index contributed by atoms with van der Waals surface area (Å²) in [6, 6.07) is 12.4. The van der Waals surface area contributed by atoms with Crippen LogP contribution in [-0.2, 0) is 27.2 Å². The minimum Gasteiger partial charge on any atom is -0.507 e. The first kappa shape index (κ1) is 22.1. The zero-order valence-corrected chi connectivity index (χ0v) is 18.6. The molecule has 2 aromatic carbocycles. The molecule has 1 aliphatic carbocycles. The van der Waals surface area contributed by atoms with Crippen molar-refractivity contribution in [2.75, 3.05) is 26.9 Å². The Kier molecular flexibility index (Phi) is 6.61. The number of carbonyl (C=O) groups excluding carboxylic acids is 2. The summed E-state index contributed by atoms with van der Waals surface area (Å²) < 4.78 is 10.7. The van der Waals surface area contributed by atoms with E-state index < -0.39 is 17.7 Å². The highest BCUT2D eigenvalue weighted by molar-refractivity contribution is 6.46. The summed E-state index contributed by atoms with van der Waals surface area (Å²) >= 11 is 0. The van der Waals surface area contributed by atoms with Gasteiger partial charge in [-0.25, -0.2) is 0 Å². The average molecular weight is 436 g/mol. The second-order valence-electron chi connectivity index (χ2n) is 8.18. The number of ether oxygens (including phenoxy) is 2. The van der Waals surface area contributed by atoms with Crippen LogP contribution in [0.25, 0.3) is 5.76 Å². The number of ketones is 1. The number of aliphatic hydroxyl groups is 1. The van der Waals surface area contributed by atoms with Gasteiger partial charge in [-0.15, -0.1) is 0 Å². The van der Waals surface area contributed by atoms with Gasteiger partial charge in [0.2, 0.25) is 0 Å². The Bertz CT molecular complexity index is 1040. The van der Waals surface area contributed by atoms with Gasteiger partial charge in [0.05, 0.1) is 24.8 Å². The van der Waals surface area contributed by atoms with Crippen LogP contribution in [0.4, 0.5) is 0 Å². The van der Waals surface area contributed by atoms with Gasteiger partial charge in [0.15, 0.2) is 0 Å². The molecule has 0 radical (unpaired) electrons. The summed E-state index contributed by atoms with van der Waals surface area (Å²) in [4.78, 5) is 27.4. The molecule has 1 atom stereocenters. The highest BCUT2D eigenvalue weighted by atomic mass is 16.5. The molecule has 0 aromatic heterocycles. The standard InChI is InChI=1S/C26H29NO5/c1-3-32-21-12-10-18(11-13-21)23-22(25(29)26(30)27(23)14-15-31-2)24(28)20-9-8-17-6-4-5-7-19(17)16-20/h8-13,16,23,28H,3-7,14-15H2,1-2H3/b24-22-. The minimum atomic E-state index is -0.683. The largest absolute Gasteiger partial charge is 0.507 e. The summed E-state index contributed by atoms with van der Waals surface area (Å²) in [5.41, 5.74) is 3.92. The van der Waals surface area contributed by atoms with Gasteiger partial charge in [0.25, 0.3) is 11.7 Å². The summed E-state index contributed by atoms with van der Waals surface area (Å²) in [7, 11) is 1.55. The number of rotatable bonds is 7. The zero-order chi connectivity index (χ0) is 22.7. The summed E-state index contributed by atoms with van der Waals surface area (Å²) in [6.45, 7) is 3.00. The Labute approximate surface area is 188 Å². The number of likely N-dealkylation sites (tertiary alicyclic amines) is 1. The van der Waals surface area contributed by atoms with E-state index in [9.17, 15) is 14.7 Å². The van der Waals surface area contributed by atoms with E-state index in [1.54, 1.807) is 7.11 Å². The fraction of sp³-hybridized carbons (Fsp3) is 0.385. The molecule has 32 heavy (non-hydrogen) atoms. The topological polar surface area (TPSA) is 76.1 Å². The Hall–Kier alpha value is -3.12. The molecule has 168 valence electrons. The Balaban J connectivity index is 1.79. The summed E-state index contributed by atoms with van der Waals surface area (Å²) in [6.07, 6.45) is 4.27. The van der Waals surface area contributed by atoms with E-state index in [0.717, 1.165) is 24.8 Å². The Morgan fingerprint density at radius 1 is 1.06 bits per heavy atom. The van der Waals surface area contributed by atoms with Crippen LogP contribution in [0.3, 0.4) is 0 Å². The van der Waals surface area contributed by atoms with Crippen LogP contribution in [0.2, 0.25) is 0 Å². The van der Waals surface area contributed by atoms with E-state index in [0.29, 0.717) is 24.5 Å². The predicted octanol–water partition coefficient (Wildman–Crippen LogP) is 4.03. The average Bonchev–Trinajstić information content (AvgIpc) is 3.07. The molecule has 6 nitrogen and oxygen atoms in total. The number of hydrogen-bond acceptors (Lipinski definition) is 5. The Morgan fingerprint density at radius 3 is 2.47 bits per heavy atom. The first-order valence-electron chi connectivity index (χ1n) is 11.2. The van der Waals surface area contributed by atoms with Gasteiger partial charge in [-0.1, -0.05) is 24.3 Å². The van der Waals surface area contributed by atoms with Gasteiger partial charge in [0.1, 0.15) is 11.5 Å². The van der Waals surface area contributed by atoms with Gasteiger partial charge in [-0.05, 0) is 67.5 Å². The van der Waals surface area contributed by atoms with Crippen LogP contribution in [0, 0.1) is 0 Å². The van der Waals surface area contributed by atoms with Gasteiger partial charge < -0.3 is 19.5 Å². The fourth-order valence-corrected chi connectivity index (χ4v) is 4.60. The number of nitrogens with zero attached hydrogens (tertiary/aromatic N) is 1. The third kappa shape index (κ3) is 4.15. The van der Waals surface area contributed by atoms with Crippen LogP contribution in [0.5, 0.6) is 5.75 Å². The summed E-state index contributed by atoms with van der Waals surface area (Å²) in [5, 5.41) is 11.2. The third-order valence-electron chi connectivity index (χ3n) is 6.21. The molecule has 0 saturated carbocycles. The molecule has 0 spiro atoms. The van der Waals surface area contributed by atoms with E-state index in [1.165, 1.54) is 22.4 Å². The predicted molar refractivity (Wildman–Crippen MR) is 122 cm³/mol. The van der Waals surface area contributed by atoms with E-state index in [1.807, 2.05) is 49.4 Å². The fourth-order valence-electron chi connectivity index (χ4n) is 4.60. The van der Waals surface area contributed by atoms with Crippen LogP contribution < -0.4 is 4.74 Å². The van der Waals surface area contributed by atoms with Crippen molar-refractivity contribution in [1.82, 2.24) is 4.90 Å². The molecular weight excluding hydrogens is 406 g/mol. The molecule has 2 aromatic rings. The van der Waals surface area contributed by atoms with Crippen molar-refractivity contribution in [2.45, 2.75) is 38.6 Å². The molecule has 0 bridgehead atoms. The van der Waals surface area contributed by atoms with Crippen molar-refractivity contribution in [2.24, 2.45) is 0 Å². The number of aliphatic hydroxyl groups excluding tert-OH is 1. The lowest BCUT2D eigenvalue weighted by Crippen LogP contribution is -2.32. The van der Waals surface area contributed by atoms with Crippen LogP contribution in [0.1, 0.15) is 48.1 Å². The monoisotopic (exact) mass is 435 g/mol. The van der Waals surface area contributed by atoms with Crippen molar-refractivity contribution in [1.29, 1.82) is 0 Å². The van der Waals surface area contributed by atoms with Gasteiger partial charge >= 0.3 is 0 Å². The van der Waals surface area contributed by atoms with Crippen LogP contribution in [-0.4, -0.2) is 48.6 Å². The maximum atomic E-state index is 13.1. The number of benzene rings is 2. The normalized spacial score (nSPS) is 19.8. The highest BCUT2D eigenvalue weighted by Crippen LogP contribution is 2.40. The van der Waals surface area contributed by atoms with E-state index >= 15 is 0 Å². The quantitative estimate of drug-likeness (QED) is 0.404. The van der Waals surface area contributed by atoms with E-state index in [4.69, 9.17) is 9.47 Å². The second-order valence-corrected chi connectivity index (χ2v) is 8.18. The van der Waals surface area contributed by atoms with Crippen LogP contribution in [0.15, 0.2) is 48.0 Å².